The van der Waals surface area contributed by atoms with Crippen LogP contribution in [-0.2, 0) is 11.2 Å². The summed E-state index contributed by atoms with van der Waals surface area (Å²) in [5, 5.41) is 2.96. The molecular weight excluding hydrogens is 365 g/mol. The third-order valence-corrected chi connectivity index (χ3v) is 5.54. The van der Waals surface area contributed by atoms with Gasteiger partial charge in [0.05, 0.1) is 0 Å². The highest BCUT2D eigenvalue weighted by Gasteiger charge is 2.16. The number of carbonyl (C=O) groups is 1. The molecule has 1 saturated heterocycles. The Balaban J connectivity index is 1.25. The maximum atomic E-state index is 13.6. The summed E-state index contributed by atoms with van der Waals surface area (Å²) < 4.78 is 13.6. The molecule has 3 rings (SSSR count). The fourth-order valence-electron chi connectivity index (χ4n) is 3.78. The van der Waals surface area contributed by atoms with Crippen LogP contribution in [0.3, 0.4) is 0 Å². The standard InChI is InChI=1S/C24H32FN3O/c1-20-7-6-9-22(19-20)28-17-15-27(16-18-28)14-5-4-13-26-24(29)12-11-21-8-2-3-10-23(21)25/h2-3,6-10,19H,4-5,11-18H2,1H3,(H,26,29). The zero-order valence-electron chi connectivity index (χ0n) is 17.4. The van der Waals surface area contributed by atoms with Crippen molar-refractivity contribution in [2.45, 2.75) is 32.6 Å². The zero-order chi connectivity index (χ0) is 20.5. The number of benzene rings is 2. The zero-order valence-corrected chi connectivity index (χ0v) is 17.4. The highest BCUT2D eigenvalue weighted by Crippen LogP contribution is 2.18. The van der Waals surface area contributed by atoms with Crippen LogP contribution >= 0.6 is 0 Å². The minimum atomic E-state index is -0.234. The lowest BCUT2D eigenvalue weighted by atomic mass is 10.1. The Morgan fingerprint density at radius 1 is 1.03 bits per heavy atom. The van der Waals surface area contributed by atoms with Crippen LogP contribution in [0.1, 0.15) is 30.4 Å². The maximum Gasteiger partial charge on any atom is 0.220 e. The number of hydrogen-bond donors (Lipinski definition) is 1. The molecule has 5 heteroatoms. The topological polar surface area (TPSA) is 35.6 Å². The smallest absolute Gasteiger partial charge is 0.220 e. The lowest BCUT2D eigenvalue weighted by Gasteiger charge is -2.36. The quantitative estimate of drug-likeness (QED) is 0.654. The molecule has 1 aliphatic rings. The fraction of sp³-hybridized carbons (Fsp3) is 0.458. The molecule has 0 aromatic heterocycles. The number of rotatable bonds is 9. The number of aryl methyl sites for hydroxylation is 2. The molecule has 0 saturated carbocycles. The summed E-state index contributed by atoms with van der Waals surface area (Å²) in [6.07, 6.45) is 2.84. The Hall–Kier alpha value is -2.40. The number of nitrogens with one attached hydrogen (secondary N) is 1. The number of hydrogen-bond acceptors (Lipinski definition) is 3. The van der Waals surface area contributed by atoms with Crippen molar-refractivity contribution < 1.29 is 9.18 Å². The first-order valence-electron chi connectivity index (χ1n) is 10.7. The van der Waals surface area contributed by atoms with E-state index < -0.39 is 0 Å². The molecule has 4 nitrogen and oxygen atoms in total. The van der Waals surface area contributed by atoms with E-state index >= 15 is 0 Å². The van der Waals surface area contributed by atoms with Gasteiger partial charge in [0.25, 0.3) is 0 Å². The summed E-state index contributed by atoms with van der Waals surface area (Å²) in [6.45, 7) is 8.21. The van der Waals surface area contributed by atoms with Gasteiger partial charge in [0.15, 0.2) is 0 Å². The molecule has 1 fully saturated rings. The normalized spacial score (nSPS) is 14.8. The largest absolute Gasteiger partial charge is 0.369 e. The molecule has 156 valence electrons. The van der Waals surface area contributed by atoms with Crippen LogP contribution in [0.5, 0.6) is 0 Å². The molecule has 1 amide bonds. The predicted octanol–water partition coefficient (Wildman–Crippen LogP) is 3.79. The number of anilines is 1. The Morgan fingerprint density at radius 2 is 1.83 bits per heavy atom. The molecule has 1 N–H and O–H groups in total. The summed E-state index contributed by atoms with van der Waals surface area (Å²) in [6, 6.07) is 15.4. The van der Waals surface area contributed by atoms with Crippen LogP contribution in [0, 0.1) is 12.7 Å². The SMILES string of the molecule is Cc1cccc(N2CCN(CCCCNC(=O)CCc3ccccc3F)CC2)c1. The minimum absolute atomic E-state index is 0.0000203. The van der Waals surface area contributed by atoms with Gasteiger partial charge >= 0.3 is 0 Å². The highest BCUT2D eigenvalue weighted by atomic mass is 19.1. The van der Waals surface area contributed by atoms with Crippen LogP contribution in [0.4, 0.5) is 10.1 Å². The van der Waals surface area contributed by atoms with Crippen molar-refractivity contribution >= 4 is 11.6 Å². The predicted molar refractivity (Wildman–Crippen MR) is 117 cm³/mol. The van der Waals surface area contributed by atoms with Crippen molar-refractivity contribution in [3.05, 3.63) is 65.5 Å². The van der Waals surface area contributed by atoms with Gasteiger partial charge in [0, 0.05) is 44.8 Å². The number of piperazine rings is 1. The average molecular weight is 398 g/mol. The Bertz CT molecular complexity index is 787. The van der Waals surface area contributed by atoms with E-state index in [9.17, 15) is 9.18 Å². The maximum absolute atomic E-state index is 13.6. The van der Waals surface area contributed by atoms with Gasteiger partial charge in [-0.1, -0.05) is 30.3 Å². The van der Waals surface area contributed by atoms with E-state index in [4.69, 9.17) is 0 Å². The Labute approximate surface area is 173 Å². The van der Waals surface area contributed by atoms with Gasteiger partial charge in [-0.05, 0) is 62.1 Å². The first-order valence-corrected chi connectivity index (χ1v) is 10.7. The summed E-state index contributed by atoms with van der Waals surface area (Å²) >= 11 is 0. The van der Waals surface area contributed by atoms with Crippen molar-refractivity contribution in [1.29, 1.82) is 0 Å². The minimum Gasteiger partial charge on any atom is -0.369 e. The van der Waals surface area contributed by atoms with Gasteiger partial charge in [-0.25, -0.2) is 4.39 Å². The first kappa shape index (κ1) is 21.3. The van der Waals surface area contributed by atoms with Crippen LogP contribution < -0.4 is 10.2 Å². The number of halogens is 1. The van der Waals surface area contributed by atoms with Crippen LogP contribution in [0.15, 0.2) is 48.5 Å². The summed E-state index contributed by atoms with van der Waals surface area (Å²) in [4.78, 5) is 16.9. The molecule has 0 bridgehead atoms. The summed E-state index contributed by atoms with van der Waals surface area (Å²) in [5.41, 5.74) is 3.23. The third-order valence-electron chi connectivity index (χ3n) is 5.54. The highest BCUT2D eigenvalue weighted by molar-refractivity contribution is 5.76. The van der Waals surface area contributed by atoms with Crippen molar-refractivity contribution in [3.8, 4) is 0 Å². The molecule has 0 aliphatic carbocycles. The molecule has 0 atom stereocenters. The van der Waals surface area contributed by atoms with Crippen LogP contribution in [0.25, 0.3) is 0 Å². The Kier molecular flexibility index (Phi) is 8.05. The molecule has 2 aromatic carbocycles. The fourth-order valence-corrected chi connectivity index (χ4v) is 3.78. The van der Waals surface area contributed by atoms with E-state index in [-0.39, 0.29) is 11.7 Å². The van der Waals surface area contributed by atoms with E-state index in [1.807, 2.05) is 0 Å². The lowest BCUT2D eigenvalue weighted by Crippen LogP contribution is -2.46. The van der Waals surface area contributed by atoms with Crippen molar-refractivity contribution in [3.63, 3.8) is 0 Å². The monoisotopic (exact) mass is 397 g/mol. The van der Waals surface area contributed by atoms with Crippen molar-refractivity contribution in [2.75, 3.05) is 44.2 Å². The van der Waals surface area contributed by atoms with E-state index in [2.05, 4.69) is 46.3 Å². The van der Waals surface area contributed by atoms with Gasteiger partial charge in [-0.2, -0.15) is 0 Å². The average Bonchev–Trinajstić information content (AvgIpc) is 2.73. The molecular formula is C24H32FN3O. The molecule has 0 radical (unpaired) electrons. The van der Waals surface area contributed by atoms with E-state index in [1.54, 1.807) is 18.2 Å². The number of carbonyl (C=O) groups excluding carboxylic acids is 1. The number of amides is 1. The molecule has 1 aliphatic heterocycles. The third kappa shape index (κ3) is 6.86. The molecule has 2 aromatic rings. The summed E-state index contributed by atoms with van der Waals surface area (Å²) in [7, 11) is 0. The van der Waals surface area contributed by atoms with Gasteiger partial charge in [-0.15, -0.1) is 0 Å². The van der Waals surface area contributed by atoms with Gasteiger partial charge in [-0.3, -0.25) is 9.69 Å². The van der Waals surface area contributed by atoms with Crippen molar-refractivity contribution in [2.24, 2.45) is 0 Å². The second-order valence-corrected chi connectivity index (χ2v) is 7.82. The summed E-state index contributed by atoms with van der Waals surface area (Å²) in [5.74, 6) is -0.234. The second kappa shape index (κ2) is 11.0. The van der Waals surface area contributed by atoms with Crippen LogP contribution in [0.2, 0.25) is 0 Å². The first-order chi connectivity index (χ1) is 14.1. The van der Waals surface area contributed by atoms with E-state index in [0.717, 1.165) is 45.6 Å². The van der Waals surface area contributed by atoms with E-state index in [1.165, 1.54) is 17.3 Å². The number of unbranched alkanes of at least 4 members (excludes halogenated alkanes) is 1. The van der Waals surface area contributed by atoms with Gasteiger partial charge < -0.3 is 10.2 Å². The molecule has 0 spiro atoms. The van der Waals surface area contributed by atoms with Crippen molar-refractivity contribution in [1.82, 2.24) is 10.2 Å². The lowest BCUT2D eigenvalue weighted by molar-refractivity contribution is -0.121. The Morgan fingerprint density at radius 3 is 2.59 bits per heavy atom. The number of nitrogens with zero attached hydrogens (tertiary/aromatic N) is 2. The van der Waals surface area contributed by atoms with Gasteiger partial charge in [0.1, 0.15) is 5.82 Å². The van der Waals surface area contributed by atoms with E-state index in [0.29, 0.717) is 24.9 Å². The van der Waals surface area contributed by atoms with Crippen LogP contribution in [-0.4, -0.2) is 50.1 Å². The molecule has 1 heterocycles. The second-order valence-electron chi connectivity index (χ2n) is 7.82. The van der Waals surface area contributed by atoms with Gasteiger partial charge in [0.2, 0.25) is 5.91 Å². The molecule has 29 heavy (non-hydrogen) atoms. The molecule has 0 unspecified atom stereocenters.